The lowest BCUT2D eigenvalue weighted by Crippen LogP contribution is -2.69. The van der Waals surface area contributed by atoms with Gasteiger partial charge in [-0.05, 0) is 19.9 Å². The van der Waals surface area contributed by atoms with Crippen molar-refractivity contribution in [1.29, 1.82) is 0 Å². The summed E-state index contributed by atoms with van der Waals surface area (Å²) < 4.78 is 5.72. The molecule has 21 heavy (non-hydrogen) atoms. The maximum Gasteiger partial charge on any atom is 0.269 e. The molecule has 0 spiro atoms. The summed E-state index contributed by atoms with van der Waals surface area (Å²) in [6.45, 7) is 4.62. The Morgan fingerprint density at radius 2 is 2.14 bits per heavy atom. The standard InChI is InChI=1S/C13H17N3O5/c1-8(17)14-15-13(18)7-9-6-10(16(19)20)4-5-11(9)21-12(13,2)3/h4-6,15,18H,7H2,1-3H3,(H,14,17). The van der Waals surface area contributed by atoms with Crippen LogP contribution in [0.15, 0.2) is 18.2 Å². The number of amides is 1. The van der Waals surface area contributed by atoms with Crippen LogP contribution in [0.25, 0.3) is 0 Å². The van der Waals surface area contributed by atoms with E-state index in [1.165, 1.54) is 25.1 Å². The van der Waals surface area contributed by atoms with Gasteiger partial charge in [0, 0.05) is 31.0 Å². The Morgan fingerprint density at radius 1 is 1.48 bits per heavy atom. The number of rotatable bonds is 3. The molecule has 2 rings (SSSR count). The highest BCUT2D eigenvalue weighted by Crippen LogP contribution is 2.39. The van der Waals surface area contributed by atoms with Gasteiger partial charge in [-0.3, -0.25) is 20.3 Å². The van der Waals surface area contributed by atoms with Crippen LogP contribution in [0, 0.1) is 10.1 Å². The van der Waals surface area contributed by atoms with Gasteiger partial charge >= 0.3 is 0 Å². The van der Waals surface area contributed by atoms with Crippen molar-refractivity contribution in [2.45, 2.75) is 38.5 Å². The average molecular weight is 295 g/mol. The maximum absolute atomic E-state index is 11.0. The molecule has 3 N–H and O–H groups in total. The van der Waals surface area contributed by atoms with Gasteiger partial charge in [0.15, 0.2) is 5.72 Å². The fourth-order valence-corrected chi connectivity index (χ4v) is 2.15. The summed E-state index contributed by atoms with van der Waals surface area (Å²) in [6, 6.07) is 4.21. The number of hydrogen-bond donors (Lipinski definition) is 3. The predicted octanol–water partition coefficient (Wildman–Crippen LogP) is 0.638. The molecular weight excluding hydrogens is 278 g/mol. The van der Waals surface area contributed by atoms with Crippen LogP contribution < -0.4 is 15.6 Å². The largest absolute Gasteiger partial charge is 0.483 e. The molecule has 1 aliphatic rings. The fraction of sp³-hybridized carbons (Fsp3) is 0.462. The Bertz CT molecular complexity index is 601. The summed E-state index contributed by atoms with van der Waals surface area (Å²) in [7, 11) is 0. The van der Waals surface area contributed by atoms with Gasteiger partial charge in [0.2, 0.25) is 5.91 Å². The summed E-state index contributed by atoms with van der Waals surface area (Å²) in [5, 5.41) is 21.5. The SMILES string of the molecule is CC(=O)NNC1(O)Cc2cc([N+](=O)[O-])ccc2OC1(C)C. The molecule has 1 aromatic rings. The van der Waals surface area contributed by atoms with Crippen LogP contribution in [-0.2, 0) is 11.2 Å². The maximum atomic E-state index is 11.0. The predicted molar refractivity (Wildman–Crippen MR) is 73.4 cm³/mol. The number of non-ortho nitro benzene ring substituents is 1. The molecule has 0 saturated carbocycles. The molecule has 0 aliphatic carbocycles. The van der Waals surface area contributed by atoms with Crippen LogP contribution in [0.1, 0.15) is 26.3 Å². The molecule has 1 unspecified atom stereocenters. The molecule has 1 aromatic carbocycles. The number of benzene rings is 1. The van der Waals surface area contributed by atoms with Crippen molar-refractivity contribution >= 4 is 11.6 Å². The van der Waals surface area contributed by atoms with E-state index >= 15 is 0 Å². The van der Waals surface area contributed by atoms with Crippen LogP contribution in [0.3, 0.4) is 0 Å². The van der Waals surface area contributed by atoms with Gasteiger partial charge in [0.05, 0.1) is 4.92 Å². The molecule has 8 heteroatoms. The molecule has 0 saturated heterocycles. The van der Waals surface area contributed by atoms with Gasteiger partial charge in [-0.2, -0.15) is 0 Å². The second-order valence-electron chi connectivity index (χ2n) is 5.50. The van der Waals surface area contributed by atoms with Crippen molar-refractivity contribution in [1.82, 2.24) is 10.9 Å². The van der Waals surface area contributed by atoms with Crippen molar-refractivity contribution < 1.29 is 19.6 Å². The first-order valence-corrected chi connectivity index (χ1v) is 6.37. The number of fused-ring (bicyclic) bond motifs is 1. The number of ether oxygens (including phenoxy) is 1. The van der Waals surface area contributed by atoms with Gasteiger partial charge in [-0.1, -0.05) is 0 Å². The first kappa shape index (κ1) is 15.2. The molecule has 114 valence electrons. The highest BCUT2D eigenvalue weighted by Gasteiger charge is 2.50. The number of nitrogens with one attached hydrogen (secondary N) is 2. The summed E-state index contributed by atoms with van der Waals surface area (Å²) in [6.07, 6.45) is 0.0529. The van der Waals surface area contributed by atoms with Gasteiger partial charge in [-0.15, -0.1) is 0 Å². The minimum absolute atomic E-state index is 0.0529. The number of nitro groups is 1. The van der Waals surface area contributed by atoms with Crippen LogP contribution in [0.4, 0.5) is 5.69 Å². The van der Waals surface area contributed by atoms with E-state index in [1.54, 1.807) is 13.8 Å². The van der Waals surface area contributed by atoms with E-state index in [-0.39, 0.29) is 18.0 Å². The van der Waals surface area contributed by atoms with E-state index in [0.717, 1.165) is 0 Å². The number of hydrogen-bond acceptors (Lipinski definition) is 6. The summed E-state index contributed by atoms with van der Waals surface area (Å²) in [5.41, 5.74) is 2.63. The number of aliphatic hydroxyl groups is 1. The Hall–Kier alpha value is -2.19. The minimum Gasteiger partial charge on any atom is -0.483 e. The molecule has 1 amide bonds. The van der Waals surface area contributed by atoms with E-state index < -0.39 is 16.2 Å². The molecule has 1 atom stereocenters. The van der Waals surface area contributed by atoms with Gasteiger partial charge in [-0.25, -0.2) is 5.43 Å². The molecule has 8 nitrogen and oxygen atoms in total. The lowest BCUT2D eigenvalue weighted by Gasteiger charge is -2.46. The smallest absolute Gasteiger partial charge is 0.269 e. The van der Waals surface area contributed by atoms with E-state index in [1.807, 2.05) is 0 Å². The monoisotopic (exact) mass is 295 g/mol. The number of carbonyl (C=O) groups is 1. The van der Waals surface area contributed by atoms with E-state index in [9.17, 15) is 20.0 Å². The summed E-state index contributed by atoms with van der Waals surface area (Å²) >= 11 is 0. The molecule has 1 aliphatic heterocycles. The van der Waals surface area contributed by atoms with Crippen LogP contribution in [-0.4, -0.2) is 27.3 Å². The topological polar surface area (TPSA) is 114 Å². The Morgan fingerprint density at radius 3 is 2.71 bits per heavy atom. The van der Waals surface area contributed by atoms with Gasteiger partial charge < -0.3 is 9.84 Å². The second kappa shape index (κ2) is 4.97. The Kier molecular flexibility index (Phi) is 3.60. The van der Waals surface area contributed by atoms with E-state index in [0.29, 0.717) is 11.3 Å². The third-order valence-corrected chi connectivity index (χ3v) is 3.51. The Labute approximate surface area is 121 Å². The quantitative estimate of drug-likeness (QED) is 0.428. The van der Waals surface area contributed by atoms with Gasteiger partial charge in [0.1, 0.15) is 11.4 Å². The summed E-state index contributed by atoms with van der Waals surface area (Å²) in [4.78, 5) is 21.3. The highest BCUT2D eigenvalue weighted by molar-refractivity contribution is 5.72. The highest BCUT2D eigenvalue weighted by atomic mass is 16.6. The Balaban J connectivity index is 2.36. The third-order valence-electron chi connectivity index (χ3n) is 3.51. The van der Waals surface area contributed by atoms with Crippen LogP contribution in [0.5, 0.6) is 5.75 Å². The third kappa shape index (κ3) is 2.81. The second-order valence-corrected chi connectivity index (χ2v) is 5.50. The van der Waals surface area contributed by atoms with Crippen molar-refractivity contribution in [3.63, 3.8) is 0 Å². The first-order chi connectivity index (χ1) is 9.64. The zero-order valence-electron chi connectivity index (χ0n) is 12.0. The summed E-state index contributed by atoms with van der Waals surface area (Å²) in [5.74, 6) is 0.101. The van der Waals surface area contributed by atoms with Gasteiger partial charge in [0.25, 0.3) is 5.69 Å². The van der Waals surface area contributed by atoms with Crippen molar-refractivity contribution in [3.8, 4) is 5.75 Å². The molecule has 0 bridgehead atoms. The number of nitrogens with zero attached hydrogens (tertiary/aromatic N) is 1. The lowest BCUT2D eigenvalue weighted by atomic mass is 9.85. The normalized spacial score (nSPS) is 22.9. The fourth-order valence-electron chi connectivity index (χ4n) is 2.15. The minimum atomic E-state index is -1.60. The molecular formula is C13H17N3O5. The first-order valence-electron chi connectivity index (χ1n) is 6.37. The van der Waals surface area contributed by atoms with Crippen molar-refractivity contribution in [2.24, 2.45) is 0 Å². The zero-order valence-corrected chi connectivity index (χ0v) is 12.0. The lowest BCUT2D eigenvalue weighted by molar-refractivity contribution is -0.385. The molecule has 1 heterocycles. The van der Waals surface area contributed by atoms with E-state index in [4.69, 9.17) is 4.74 Å². The number of hydrazine groups is 1. The van der Waals surface area contributed by atoms with Crippen LogP contribution >= 0.6 is 0 Å². The van der Waals surface area contributed by atoms with E-state index in [2.05, 4.69) is 10.9 Å². The van der Waals surface area contributed by atoms with Crippen molar-refractivity contribution in [3.05, 3.63) is 33.9 Å². The zero-order chi connectivity index (χ0) is 15.8. The molecule has 0 aromatic heterocycles. The molecule has 0 fully saturated rings. The van der Waals surface area contributed by atoms with Crippen molar-refractivity contribution in [2.75, 3.05) is 0 Å². The van der Waals surface area contributed by atoms with Crippen LogP contribution in [0.2, 0.25) is 0 Å². The molecule has 0 radical (unpaired) electrons. The number of carbonyl (C=O) groups excluding carboxylic acids is 1. The average Bonchev–Trinajstić information content (AvgIpc) is 2.37. The number of nitro benzene ring substituents is 1.